The molecule has 3 aromatic rings. The number of non-ortho nitro benzene ring substituents is 1. The van der Waals surface area contributed by atoms with Crippen LogP contribution in [0.2, 0.25) is 0 Å². The van der Waals surface area contributed by atoms with Gasteiger partial charge in [-0.2, -0.15) is 5.10 Å². The number of nitro benzene ring substituents is 1. The van der Waals surface area contributed by atoms with E-state index >= 15 is 0 Å². The standard InChI is InChI=1S/C23H21N3O6/c1-30-22-13-18(7-12-21(22)32-15-17-5-3-2-4-6-17)14-24-25-23(27)16-31-20-10-8-19(9-11-20)26(28)29/h2-14H,15-16H2,1H3,(H,25,27). The van der Waals surface area contributed by atoms with Crippen LogP contribution in [0.25, 0.3) is 0 Å². The Labute approximate surface area is 184 Å². The molecule has 0 aliphatic carbocycles. The Morgan fingerprint density at radius 2 is 1.78 bits per heavy atom. The van der Waals surface area contributed by atoms with E-state index in [9.17, 15) is 14.9 Å². The SMILES string of the molecule is COc1cc(C=NNC(=O)COc2ccc([N+](=O)[O-])cc2)ccc1OCc1ccccc1. The highest BCUT2D eigenvalue weighted by atomic mass is 16.6. The van der Waals surface area contributed by atoms with Gasteiger partial charge in [-0.3, -0.25) is 14.9 Å². The molecule has 3 aromatic carbocycles. The first-order valence-corrected chi connectivity index (χ1v) is 9.59. The van der Waals surface area contributed by atoms with E-state index in [0.717, 1.165) is 5.56 Å². The third-order valence-electron chi connectivity index (χ3n) is 4.25. The van der Waals surface area contributed by atoms with Crippen LogP contribution in [0.4, 0.5) is 5.69 Å². The maximum Gasteiger partial charge on any atom is 0.277 e. The summed E-state index contributed by atoms with van der Waals surface area (Å²) in [5, 5.41) is 14.5. The quantitative estimate of drug-likeness (QED) is 0.295. The largest absolute Gasteiger partial charge is 0.493 e. The summed E-state index contributed by atoms with van der Waals surface area (Å²) in [4.78, 5) is 22.0. The topological polar surface area (TPSA) is 112 Å². The van der Waals surface area contributed by atoms with Gasteiger partial charge in [-0.25, -0.2) is 5.43 Å². The van der Waals surface area contributed by atoms with Crippen molar-refractivity contribution in [2.24, 2.45) is 5.10 Å². The number of methoxy groups -OCH3 is 1. The molecule has 0 bridgehead atoms. The molecule has 0 atom stereocenters. The molecule has 1 N–H and O–H groups in total. The summed E-state index contributed by atoms with van der Waals surface area (Å²) in [6, 6.07) is 20.5. The molecule has 164 valence electrons. The molecule has 9 nitrogen and oxygen atoms in total. The van der Waals surface area contributed by atoms with E-state index in [1.165, 1.54) is 30.5 Å². The number of ether oxygens (including phenoxy) is 3. The predicted octanol–water partition coefficient (Wildman–Crippen LogP) is 3.71. The fraction of sp³-hybridized carbons (Fsp3) is 0.130. The van der Waals surface area contributed by atoms with Crippen molar-refractivity contribution in [1.82, 2.24) is 5.43 Å². The second-order valence-corrected chi connectivity index (χ2v) is 6.52. The molecule has 0 saturated carbocycles. The number of hydrogen-bond acceptors (Lipinski definition) is 7. The zero-order valence-electron chi connectivity index (χ0n) is 17.3. The zero-order chi connectivity index (χ0) is 22.8. The number of nitro groups is 1. The normalized spacial score (nSPS) is 10.5. The number of hydrogen-bond donors (Lipinski definition) is 1. The Morgan fingerprint density at radius 1 is 1.03 bits per heavy atom. The van der Waals surface area contributed by atoms with Crippen LogP contribution in [0.3, 0.4) is 0 Å². The lowest BCUT2D eigenvalue weighted by Crippen LogP contribution is -2.24. The molecular weight excluding hydrogens is 414 g/mol. The molecule has 32 heavy (non-hydrogen) atoms. The predicted molar refractivity (Wildman–Crippen MR) is 118 cm³/mol. The van der Waals surface area contributed by atoms with Gasteiger partial charge < -0.3 is 14.2 Å². The maximum absolute atomic E-state index is 11.9. The lowest BCUT2D eigenvalue weighted by Gasteiger charge is -2.11. The van der Waals surface area contributed by atoms with Crippen LogP contribution < -0.4 is 19.6 Å². The molecule has 0 fully saturated rings. The number of carbonyl (C=O) groups excluding carboxylic acids is 1. The van der Waals surface area contributed by atoms with Crippen molar-refractivity contribution in [3.05, 3.63) is 94.0 Å². The molecule has 0 saturated heterocycles. The van der Waals surface area contributed by atoms with E-state index < -0.39 is 10.8 Å². The molecule has 1 amide bonds. The van der Waals surface area contributed by atoms with Gasteiger partial charge in [0.15, 0.2) is 18.1 Å². The molecule has 0 radical (unpaired) electrons. The third kappa shape index (κ3) is 6.56. The van der Waals surface area contributed by atoms with E-state index in [1.807, 2.05) is 30.3 Å². The molecule has 0 unspecified atom stereocenters. The fourth-order valence-corrected chi connectivity index (χ4v) is 2.64. The molecule has 0 heterocycles. The van der Waals surface area contributed by atoms with Crippen LogP contribution in [-0.2, 0) is 11.4 Å². The number of amides is 1. The number of benzene rings is 3. The zero-order valence-corrected chi connectivity index (χ0v) is 17.3. The lowest BCUT2D eigenvalue weighted by molar-refractivity contribution is -0.384. The lowest BCUT2D eigenvalue weighted by atomic mass is 10.2. The molecule has 0 aliphatic rings. The van der Waals surface area contributed by atoms with Gasteiger partial charge in [-0.05, 0) is 41.5 Å². The number of rotatable bonds is 10. The van der Waals surface area contributed by atoms with E-state index in [0.29, 0.717) is 29.4 Å². The van der Waals surface area contributed by atoms with Gasteiger partial charge in [-0.1, -0.05) is 30.3 Å². The highest BCUT2D eigenvalue weighted by Gasteiger charge is 2.07. The summed E-state index contributed by atoms with van der Waals surface area (Å²) in [7, 11) is 1.54. The first-order chi connectivity index (χ1) is 15.5. The van der Waals surface area contributed by atoms with Crippen molar-refractivity contribution < 1.29 is 23.9 Å². The number of nitrogens with one attached hydrogen (secondary N) is 1. The van der Waals surface area contributed by atoms with Gasteiger partial charge in [0.25, 0.3) is 11.6 Å². The van der Waals surface area contributed by atoms with Crippen LogP contribution >= 0.6 is 0 Å². The van der Waals surface area contributed by atoms with Gasteiger partial charge in [0, 0.05) is 12.1 Å². The second kappa shape index (κ2) is 11.1. The van der Waals surface area contributed by atoms with Crippen LogP contribution in [0.15, 0.2) is 77.9 Å². The Morgan fingerprint density at radius 3 is 2.47 bits per heavy atom. The summed E-state index contributed by atoms with van der Waals surface area (Å²) in [5.74, 6) is 0.992. The van der Waals surface area contributed by atoms with Crippen molar-refractivity contribution in [2.45, 2.75) is 6.61 Å². The van der Waals surface area contributed by atoms with Crippen LogP contribution in [0, 0.1) is 10.1 Å². The molecule has 0 spiro atoms. The third-order valence-corrected chi connectivity index (χ3v) is 4.25. The average molecular weight is 435 g/mol. The van der Waals surface area contributed by atoms with Crippen LogP contribution in [-0.4, -0.2) is 30.8 Å². The van der Waals surface area contributed by atoms with E-state index in [4.69, 9.17) is 14.2 Å². The average Bonchev–Trinajstić information content (AvgIpc) is 2.82. The van der Waals surface area contributed by atoms with Gasteiger partial charge >= 0.3 is 0 Å². The van der Waals surface area contributed by atoms with Gasteiger partial charge in [0.2, 0.25) is 0 Å². The molecular formula is C23H21N3O6. The summed E-state index contributed by atoms with van der Waals surface area (Å²) in [6.07, 6.45) is 1.47. The van der Waals surface area contributed by atoms with Crippen LogP contribution in [0.1, 0.15) is 11.1 Å². The molecule has 3 rings (SSSR count). The number of nitrogens with zero attached hydrogens (tertiary/aromatic N) is 2. The van der Waals surface area contributed by atoms with E-state index in [2.05, 4.69) is 10.5 Å². The highest BCUT2D eigenvalue weighted by molar-refractivity contribution is 5.83. The minimum absolute atomic E-state index is 0.0571. The van der Waals surface area contributed by atoms with Crippen molar-refractivity contribution in [3.8, 4) is 17.2 Å². The van der Waals surface area contributed by atoms with Gasteiger partial charge in [0.1, 0.15) is 12.4 Å². The molecule has 9 heteroatoms. The summed E-state index contributed by atoms with van der Waals surface area (Å²) < 4.78 is 16.5. The highest BCUT2D eigenvalue weighted by Crippen LogP contribution is 2.28. The maximum atomic E-state index is 11.9. The van der Waals surface area contributed by atoms with E-state index in [1.54, 1.807) is 25.3 Å². The Kier molecular flexibility index (Phi) is 7.74. The fourth-order valence-electron chi connectivity index (χ4n) is 2.64. The monoisotopic (exact) mass is 435 g/mol. The first-order valence-electron chi connectivity index (χ1n) is 9.59. The second-order valence-electron chi connectivity index (χ2n) is 6.52. The summed E-state index contributed by atoms with van der Waals surface area (Å²) >= 11 is 0. The molecule has 0 aromatic heterocycles. The summed E-state index contributed by atoms with van der Waals surface area (Å²) in [6.45, 7) is 0.125. The minimum atomic E-state index is -0.512. The summed E-state index contributed by atoms with van der Waals surface area (Å²) in [5.41, 5.74) is 4.04. The van der Waals surface area contributed by atoms with Crippen molar-refractivity contribution in [1.29, 1.82) is 0 Å². The Hall–Kier alpha value is -4.40. The van der Waals surface area contributed by atoms with Gasteiger partial charge in [0.05, 0.1) is 18.2 Å². The van der Waals surface area contributed by atoms with Crippen molar-refractivity contribution in [3.63, 3.8) is 0 Å². The Bertz CT molecular complexity index is 1080. The van der Waals surface area contributed by atoms with E-state index in [-0.39, 0.29) is 12.3 Å². The van der Waals surface area contributed by atoms with Gasteiger partial charge in [-0.15, -0.1) is 0 Å². The Balaban J connectivity index is 1.49. The number of hydrazone groups is 1. The number of carbonyl (C=O) groups is 1. The smallest absolute Gasteiger partial charge is 0.277 e. The minimum Gasteiger partial charge on any atom is -0.493 e. The van der Waals surface area contributed by atoms with Crippen molar-refractivity contribution in [2.75, 3.05) is 13.7 Å². The first kappa shape index (κ1) is 22.3. The molecule has 0 aliphatic heterocycles. The van der Waals surface area contributed by atoms with Crippen molar-refractivity contribution >= 4 is 17.8 Å². The van der Waals surface area contributed by atoms with Crippen LogP contribution in [0.5, 0.6) is 17.2 Å².